The van der Waals surface area contributed by atoms with Gasteiger partial charge in [0.2, 0.25) is 0 Å². The summed E-state index contributed by atoms with van der Waals surface area (Å²) in [6.45, 7) is 5.59. The van der Waals surface area contributed by atoms with Gasteiger partial charge in [-0.05, 0) is 31.0 Å². The normalized spacial score (nSPS) is 10.4. The lowest BCUT2D eigenvalue weighted by atomic mass is 10.1. The minimum Gasteiger partial charge on any atom is -0.478 e. The van der Waals surface area contributed by atoms with E-state index < -0.39 is 11.9 Å². The van der Waals surface area contributed by atoms with Gasteiger partial charge in [0.25, 0.3) is 5.91 Å². The first-order chi connectivity index (χ1) is 9.92. The molecule has 0 aliphatic carbocycles. The summed E-state index contributed by atoms with van der Waals surface area (Å²) in [6, 6.07) is 6.99. The van der Waals surface area contributed by atoms with Gasteiger partial charge in [0, 0.05) is 18.2 Å². The summed E-state index contributed by atoms with van der Waals surface area (Å²) in [6.07, 6.45) is 0.415. The smallest absolute Gasteiger partial charge is 0.339 e. The van der Waals surface area contributed by atoms with E-state index >= 15 is 0 Å². The molecular weight excluding hydrogens is 270 g/mol. The van der Waals surface area contributed by atoms with Gasteiger partial charge in [-0.1, -0.05) is 19.1 Å². The maximum Gasteiger partial charge on any atom is 0.339 e. The summed E-state index contributed by atoms with van der Waals surface area (Å²) in [5.41, 5.74) is 2.67. The molecule has 2 aromatic rings. The van der Waals surface area contributed by atoms with Crippen LogP contribution in [0.2, 0.25) is 0 Å². The van der Waals surface area contributed by atoms with Gasteiger partial charge >= 0.3 is 5.97 Å². The van der Waals surface area contributed by atoms with Gasteiger partial charge in [-0.15, -0.1) is 0 Å². The fraction of sp³-hybridized carbons (Fsp3) is 0.250. The molecule has 0 saturated carbocycles. The number of hydrogen-bond acceptors (Lipinski definition) is 3. The molecule has 0 spiro atoms. The van der Waals surface area contributed by atoms with Crippen LogP contribution < -0.4 is 5.32 Å². The second-order valence-corrected chi connectivity index (χ2v) is 4.88. The fourth-order valence-electron chi connectivity index (χ4n) is 2.04. The third-order valence-electron chi connectivity index (χ3n) is 3.23. The summed E-state index contributed by atoms with van der Waals surface area (Å²) in [4.78, 5) is 23.3. The number of carbonyl (C=O) groups is 2. The first-order valence-corrected chi connectivity index (χ1v) is 6.67. The van der Waals surface area contributed by atoms with Crippen LogP contribution in [0.15, 0.2) is 28.7 Å². The highest BCUT2D eigenvalue weighted by molar-refractivity contribution is 6.04. The quantitative estimate of drug-likeness (QED) is 0.903. The number of hydrogen-bond donors (Lipinski definition) is 2. The lowest BCUT2D eigenvalue weighted by molar-refractivity contribution is 0.0694. The van der Waals surface area contributed by atoms with Crippen LogP contribution in [0.1, 0.15) is 44.7 Å². The first kappa shape index (κ1) is 14.8. The summed E-state index contributed by atoms with van der Waals surface area (Å²) >= 11 is 0. The van der Waals surface area contributed by atoms with Gasteiger partial charge < -0.3 is 14.8 Å². The number of benzene rings is 1. The third-order valence-corrected chi connectivity index (χ3v) is 3.23. The Balaban J connectivity index is 2.28. The number of carboxylic acid groups (broad SMARTS) is 1. The van der Waals surface area contributed by atoms with Crippen LogP contribution >= 0.6 is 0 Å². The Morgan fingerprint density at radius 1 is 1.24 bits per heavy atom. The summed E-state index contributed by atoms with van der Waals surface area (Å²) < 4.78 is 5.34. The third kappa shape index (κ3) is 3.13. The molecule has 5 nitrogen and oxygen atoms in total. The highest BCUT2D eigenvalue weighted by Crippen LogP contribution is 2.20. The zero-order valence-corrected chi connectivity index (χ0v) is 12.2. The first-order valence-electron chi connectivity index (χ1n) is 6.67. The molecule has 110 valence electrons. The van der Waals surface area contributed by atoms with Crippen LogP contribution in [0.3, 0.4) is 0 Å². The lowest BCUT2D eigenvalue weighted by Gasteiger charge is -2.07. The number of amides is 1. The molecule has 0 aliphatic heterocycles. The van der Waals surface area contributed by atoms with Crippen molar-refractivity contribution in [3.8, 4) is 0 Å². The molecule has 0 radical (unpaired) electrons. The second kappa shape index (κ2) is 5.83. The van der Waals surface area contributed by atoms with Crippen molar-refractivity contribution >= 4 is 17.6 Å². The van der Waals surface area contributed by atoms with Crippen LogP contribution in [0.4, 0.5) is 5.69 Å². The van der Waals surface area contributed by atoms with E-state index in [2.05, 4.69) is 5.32 Å². The van der Waals surface area contributed by atoms with Gasteiger partial charge in [0.15, 0.2) is 5.76 Å². The minimum absolute atomic E-state index is 0.00477. The van der Waals surface area contributed by atoms with E-state index in [9.17, 15) is 9.59 Å². The number of carbonyl (C=O) groups excluding carboxylic acids is 1. The molecule has 0 fully saturated rings. The van der Waals surface area contributed by atoms with Crippen LogP contribution in [0.5, 0.6) is 0 Å². The maximum absolute atomic E-state index is 12.2. The molecule has 0 saturated heterocycles. The Hall–Kier alpha value is -2.56. The zero-order valence-electron chi connectivity index (χ0n) is 12.2. The van der Waals surface area contributed by atoms with Crippen LogP contribution in [0, 0.1) is 13.8 Å². The molecular formula is C16H17NO4. The van der Waals surface area contributed by atoms with Crippen molar-refractivity contribution in [1.82, 2.24) is 0 Å². The molecule has 5 heteroatoms. The van der Waals surface area contributed by atoms with Crippen LogP contribution in [-0.4, -0.2) is 17.0 Å². The summed E-state index contributed by atoms with van der Waals surface area (Å²) in [5, 5.41) is 11.8. The summed E-state index contributed by atoms with van der Waals surface area (Å²) in [7, 11) is 0. The number of carboxylic acids is 1. The Kier molecular flexibility index (Phi) is 4.12. The van der Waals surface area contributed by atoms with Crippen molar-refractivity contribution in [3.63, 3.8) is 0 Å². The standard InChI is InChI=1S/C16H17NO4/c1-4-13-11(16(19)20)8-14(21-13)15(18)17-12-7-9(2)5-6-10(12)3/h5-8H,4H2,1-3H3,(H,17,18)(H,19,20). The summed E-state index contributed by atoms with van der Waals surface area (Å²) in [5.74, 6) is -1.24. The molecule has 1 aromatic carbocycles. The van der Waals surface area contributed by atoms with Crippen molar-refractivity contribution in [1.29, 1.82) is 0 Å². The van der Waals surface area contributed by atoms with E-state index in [0.717, 1.165) is 11.1 Å². The fourth-order valence-corrected chi connectivity index (χ4v) is 2.04. The Bertz CT molecular complexity index is 700. The second-order valence-electron chi connectivity index (χ2n) is 4.88. The molecule has 2 rings (SSSR count). The molecule has 21 heavy (non-hydrogen) atoms. The number of aromatic carboxylic acids is 1. The maximum atomic E-state index is 12.2. The minimum atomic E-state index is -1.10. The molecule has 1 heterocycles. The average molecular weight is 287 g/mol. The van der Waals surface area contributed by atoms with Crippen molar-refractivity contribution in [3.05, 3.63) is 52.5 Å². The number of nitrogens with one attached hydrogen (secondary N) is 1. The molecule has 0 unspecified atom stereocenters. The largest absolute Gasteiger partial charge is 0.478 e. The van der Waals surface area contributed by atoms with Crippen molar-refractivity contribution < 1.29 is 19.1 Å². The zero-order chi connectivity index (χ0) is 15.6. The van der Waals surface area contributed by atoms with Crippen molar-refractivity contribution in [2.24, 2.45) is 0 Å². The van der Waals surface area contributed by atoms with Gasteiger partial charge in [-0.3, -0.25) is 4.79 Å². The van der Waals surface area contributed by atoms with Gasteiger partial charge in [0.05, 0.1) is 0 Å². The number of aryl methyl sites for hydroxylation is 3. The SMILES string of the molecule is CCc1oc(C(=O)Nc2cc(C)ccc2C)cc1C(=O)O. The van der Waals surface area contributed by atoms with E-state index in [1.54, 1.807) is 6.92 Å². The van der Waals surface area contributed by atoms with E-state index in [4.69, 9.17) is 9.52 Å². The van der Waals surface area contributed by atoms with E-state index in [0.29, 0.717) is 17.9 Å². The molecule has 0 bridgehead atoms. The predicted molar refractivity (Wildman–Crippen MR) is 78.9 cm³/mol. The van der Waals surface area contributed by atoms with E-state index in [1.807, 2.05) is 32.0 Å². The number of anilines is 1. The van der Waals surface area contributed by atoms with E-state index in [-0.39, 0.29) is 11.3 Å². The van der Waals surface area contributed by atoms with E-state index in [1.165, 1.54) is 6.07 Å². The number of rotatable bonds is 4. The monoisotopic (exact) mass is 287 g/mol. The van der Waals surface area contributed by atoms with Crippen molar-refractivity contribution in [2.75, 3.05) is 5.32 Å². The van der Waals surface area contributed by atoms with Gasteiger partial charge in [-0.2, -0.15) is 0 Å². The topological polar surface area (TPSA) is 79.5 Å². The molecule has 0 aliphatic rings. The molecule has 1 aromatic heterocycles. The molecule has 2 N–H and O–H groups in total. The Labute approximate surface area is 122 Å². The Morgan fingerprint density at radius 2 is 1.95 bits per heavy atom. The molecule has 0 atom stereocenters. The van der Waals surface area contributed by atoms with Gasteiger partial charge in [0.1, 0.15) is 11.3 Å². The highest BCUT2D eigenvalue weighted by atomic mass is 16.4. The van der Waals surface area contributed by atoms with Crippen LogP contribution in [0.25, 0.3) is 0 Å². The number of furan rings is 1. The van der Waals surface area contributed by atoms with Crippen LogP contribution in [-0.2, 0) is 6.42 Å². The van der Waals surface area contributed by atoms with Gasteiger partial charge in [-0.25, -0.2) is 4.79 Å². The van der Waals surface area contributed by atoms with Crippen molar-refractivity contribution in [2.45, 2.75) is 27.2 Å². The predicted octanol–water partition coefficient (Wildman–Crippen LogP) is 3.41. The Morgan fingerprint density at radius 3 is 2.52 bits per heavy atom. The lowest BCUT2D eigenvalue weighted by Crippen LogP contribution is -2.12. The highest BCUT2D eigenvalue weighted by Gasteiger charge is 2.20. The molecule has 1 amide bonds. The average Bonchev–Trinajstić information content (AvgIpc) is 2.87.